The molecule has 0 aromatic heterocycles. The Kier molecular flexibility index (Phi) is 6.07. The van der Waals surface area contributed by atoms with Gasteiger partial charge in [0.25, 0.3) is 0 Å². The predicted molar refractivity (Wildman–Crippen MR) is 110 cm³/mol. The number of hydrogen-bond acceptors (Lipinski definition) is 2. The lowest BCUT2D eigenvalue weighted by molar-refractivity contribution is -0.111. The zero-order valence-corrected chi connectivity index (χ0v) is 15.7. The van der Waals surface area contributed by atoms with Crippen molar-refractivity contribution in [2.24, 2.45) is 0 Å². The summed E-state index contributed by atoms with van der Waals surface area (Å²) in [6.07, 6.45) is 2.98. The van der Waals surface area contributed by atoms with Crippen molar-refractivity contribution in [1.82, 2.24) is 0 Å². The number of hydrogen-bond donors (Lipinski definition) is 1. The van der Waals surface area contributed by atoms with Gasteiger partial charge in [-0.3, -0.25) is 9.59 Å². The number of ketones is 1. The molecule has 0 aliphatic rings. The largest absolute Gasteiger partial charge is 0.322 e. The van der Waals surface area contributed by atoms with Gasteiger partial charge in [-0.15, -0.1) is 0 Å². The fraction of sp³-hybridized carbons (Fsp3) is 0. The van der Waals surface area contributed by atoms with Crippen molar-refractivity contribution >= 4 is 46.7 Å². The summed E-state index contributed by atoms with van der Waals surface area (Å²) in [5.41, 5.74) is 1.96. The summed E-state index contributed by atoms with van der Waals surface area (Å²) >= 11 is 12.1. The molecule has 0 unspecified atom stereocenters. The SMILES string of the molecule is O=C(/C=C/c1ccccc1Cl)Nc1ccc(Cl)cc1C(=O)c1ccccc1. The molecule has 0 spiro atoms. The fourth-order valence-corrected chi connectivity index (χ4v) is 2.88. The standard InChI is InChI=1S/C22H15Cl2NO2/c23-17-11-12-20(18(14-17)22(27)16-7-2-1-3-8-16)25-21(26)13-10-15-6-4-5-9-19(15)24/h1-14H,(H,25,26)/b13-10+. The lowest BCUT2D eigenvalue weighted by Gasteiger charge is -2.10. The average Bonchev–Trinajstić information content (AvgIpc) is 2.69. The first-order valence-electron chi connectivity index (χ1n) is 8.17. The van der Waals surface area contributed by atoms with Gasteiger partial charge in [-0.25, -0.2) is 0 Å². The monoisotopic (exact) mass is 395 g/mol. The van der Waals surface area contributed by atoms with E-state index in [0.29, 0.717) is 26.9 Å². The molecule has 0 bridgehead atoms. The van der Waals surface area contributed by atoms with E-state index in [0.717, 1.165) is 5.56 Å². The minimum atomic E-state index is -0.376. The Labute approximate surface area is 167 Å². The van der Waals surface area contributed by atoms with Crippen molar-refractivity contribution in [3.8, 4) is 0 Å². The van der Waals surface area contributed by atoms with Crippen LogP contribution in [0.4, 0.5) is 5.69 Å². The Morgan fingerprint density at radius 3 is 2.30 bits per heavy atom. The third-order valence-electron chi connectivity index (χ3n) is 3.84. The van der Waals surface area contributed by atoms with Crippen LogP contribution in [0.2, 0.25) is 10.0 Å². The molecule has 3 rings (SSSR count). The molecule has 3 aromatic carbocycles. The number of benzene rings is 3. The van der Waals surface area contributed by atoms with Gasteiger partial charge in [0.2, 0.25) is 5.91 Å². The van der Waals surface area contributed by atoms with E-state index in [1.807, 2.05) is 18.2 Å². The first-order chi connectivity index (χ1) is 13.0. The third kappa shape index (κ3) is 4.85. The highest BCUT2D eigenvalue weighted by Crippen LogP contribution is 2.24. The van der Waals surface area contributed by atoms with Crippen LogP contribution >= 0.6 is 23.2 Å². The van der Waals surface area contributed by atoms with Gasteiger partial charge in [-0.2, -0.15) is 0 Å². The summed E-state index contributed by atoms with van der Waals surface area (Å²) in [5, 5.41) is 3.69. The lowest BCUT2D eigenvalue weighted by atomic mass is 10.0. The van der Waals surface area contributed by atoms with Crippen LogP contribution in [0, 0.1) is 0 Å². The maximum atomic E-state index is 12.8. The lowest BCUT2D eigenvalue weighted by Crippen LogP contribution is -2.12. The molecule has 5 heteroatoms. The molecular formula is C22H15Cl2NO2. The zero-order chi connectivity index (χ0) is 19.2. The van der Waals surface area contributed by atoms with Gasteiger partial charge >= 0.3 is 0 Å². The molecule has 3 aromatic rings. The summed E-state index contributed by atoms with van der Waals surface area (Å²) in [6.45, 7) is 0. The van der Waals surface area contributed by atoms with Crippen molar-refractivity contribution < 1.29 is 9.59 Å². The van der Waals surface area contributed by atoms with Crippen molar-refractivity contribution in [3.05, 3.63) is 106 Å². The van der Waals surface area contributed by atoms with E-state index in [4.69, 9.17) is 23.2 Å². The van der Waals surface area contributed by atoms with E-state index in [1.54, 1.807) is 60.7 Å². The number of rotatable bonds is 5. The molecule has 3 nitrogen and oxygen atoms in total. The number of carbonyl (C=O) groups excluding carboxylic acids is 2. The molecule has 0 radical (unpaired) electrons. The summed E-state index contributed by atoms with van der Waals surface area (Å²) in [7, 11) is 0. The van der Waals surface area contributed by atoms with Crippen LogP contribution in [0.15, 0.2) is 78.9 Å². The molecule has 0 atom stereocenters. The predicted octanol–water partition coefficient (Wildman–Crippen LogP) is 5.88. The highest BCUT2D eigenvalue weighted by atomic mass is 35.5. The van der Waals surface area contributed by atoms with Gasteiger partial charge in [0.05, 0.1) is 5.69 Å². The second kappa shape index (κ2) is 8.67. The molecule has 0 aliphatic heterocycles. The normalized spacial score (nSPS) is 10.7. The van der Waals surface area contributed by atoms with Crippen molar-refractivity contribution in [2.75, 3.05) is 5.32 Å². The van der Waals surface area contributed by atoms with Crippen molar-refractivity contribution in [3.63, 3.8) is 0 Å². The number of amides is 1. The molecule has 27 heavy (non-hydrogen) atoms. The Morgan fingerprint density at radius 1 is 0.852 bits per heavy atom. The van der Waals surface area contributed by atoms with E-state index in [9.17, 15) is 9.59 Å². The average molecular weight is 396 g/mol. The highest BCUT2D eigenvalue weighted by molar-refractivity contribution is 6.32. The van der Waals surface area contributed by atoms with E-state index >= 15 is 0 Å². The molecule has 0 aliphatic carbocycles. The first-order valence-corrected chi connectivity index (χ1v) is 8.93. The fourth-order valence-electron chi connectivity index (χ4n) is 2.51. The maximum Gasteiger partial charge on any atom is 0.248 e. The summed E-state index contributed by atoms with van der Waals surface area (Å²) < 4.78 is 0. The Balaban J connectivity index is 1.84. The first kappa shape index (κ1) is 18.9. The van der Waals surface area contributed by atoms with Crippen LogP contribution in [0.1, 0.15) is 21.5 Å². The topological polar surface area (TPSA) is 46.2 Å². The van der Waals surface area contributed by atoms with Crippen LogP contribution in [0.5, 0.6) is 0 Å². The van der Waals surface area contributed by atoms with Gasteiger partial charge in [-0.1, -0.05) is 71.7 Å². The molecule has 1 amide bonds. The quantitative estimate of drug-likeness (QED) is 0.433. The molecular weight excluding hydrogens is 381 g/mol. The number of halogens is 2. The zero-order valence-electron chi connectivity index (χ0n) is 14.2. The van der Waals surface area contributed by atoms with E-state index in [-0.39, 0.29) is 11.7 Å². The maximum absolute atomic E-state index is 12.8. The summed E-state index contributed by atoms with van der Waals surface area (Å²) in [5.74, 6) is -0.595. The summed E-state index contributed by atoms with van der Waals surface area (Å²) in [4.78, 5) is 25.1. The van der Waals surface area contributed by atoms with Gasteiger partial charge < -0.3 is 5.32 Å². The number of nitrogens with one attached hydrogen (secondary N) is 1. The van der Waals surface area contributed by atoms with Crippen LogP contribution in [0.3, 0.4) is 0 Å². The molecule has 1 N–H and O–H groups in total. The minimum Gasteiger partial charge on any atom is -0.322 e. The van der Waals surface area contributed by atoms with E-state index in [2.05, 4.69) is 5.32 Å². The second-order valence-electron chi connectivity index (χ2n) is 5.73. The van der Waals surface area contributed by atoms with Crippen molar-refractivity contribution in [2.45, 2.75) is 0 Å². The molecule has 0 fully saturated rings. The number of anilines is 1. The minimum absolute atomic E-state index is 0.219. The molecule has 134 valence electrons. The van der Waals surface area contributed by atoms with E-state index in [1.165, 1.54) is 6.08 Å². The van der Waals surface area contributed by atoms with Gasteiger partial charge in [0.15, 0.2) is 5.78 Å². The van der Waals surface area contributed by atoms with E-state index < -0.39 is 0 Å². The van der Waals surface area contributed by atoms with Crippen LogP contribution in [0.25, 0.3) is 6.08 Å². The van der Waals surface area contributed by atoms with Crippen LogP contribution in [-0.2, 0) is 4.79 Å². The van der Waals surface area contributed by atoms with Gasteiger partial charge in [0.1, 0.15) is 0 Å². The second-order valence-corrected chi connectivity index (χ2v) is 6.57. The summed E-state index contributed by atoms with van der Waals surface area (Å²) in [6, 6.07) is 20.8. The Hall–Kier alpha value is -2.88. The van der Waals surface area contributed by atoms with Crippen molar-refractivity contribution in [1.29, 1.82) is 0 Å². The highest BCUT2D eigenvalue weighted by Gasteiger charge is 2.15. The third-order valence-corrected chi connectivity index (χ3v) is 4.42. The Morgan fingerprint density at radius 2 is 1.56 bits per heavy atom. The Bertz CT molecular complexity index is 1010. The molecule has 0 saturated heterocycles. The van der Waals surface area contributed by atoms with Crippen LogP contribution in [-0.4, -0.2) is 11.7 Å². The smallest absolute Gasteiger partial charge is 0.248 e. The molecule has 0 heterocycles. The van der Waals surface area contributed by atoms with Crippen LogP contribution < -0.4 is 5.32 Å². The number of carbonyl (C=O) groups is 2. The van der Waals surface area contributed by atoms with Gasteiger partial charge in [0, 0.05) is 27.2 Å². The molecule has 0 saturated carbocycles. The van der Waals surface area contributed by atoms with Gasteiger partial charge in [-0.05, 0) is 35.9 Å².